The van der Waals surface area contributed by atoms with Crippen molar-refractivity contribution in [3.05, 3.63) is 65.1 Å². The Balaban J connectivity index is 1.63. The second kappa shape index (κ2) is 8.80. The fraction of sp³-hybridized carbons (Fsp3) is 0.176. The van der Waals surface area contributed by atoms with Crippen molar-refractivity contribution in [2.24, 2.45) is 0 Å². The van der Waals surface area contributed by atoms with E-state index < -0.39 is 5.97 Å². The maximum absolute atomic E-state index is 11.6. The highest BCUT2D eigenvalue weighted by atomic mass is 35.5. The highest BCUT2D eigenvalue weighted by Gasteiger charge is 2.05. The van der Waals surface area contributed by atoms with Crippen LogP contribution in [0, 0.1) is 0 Å². The summed E-state index contributed by atoms with van der Waals surface area (Å²) in [6.45, 7) is 0.141. The molecule has 0 radical (unpaired) electrons. The molecule has 0 aliphatic carbocycles. The van der Waals surface area contributed by atoms with E-state index in [0.717, 1.165) is 5.56 Å². The zero-order chi connectivity index (χ0) is 16.5. The largest absolute Gasteiger partial charge is 0.465 e. The molecule has 0 bridgehead atoms. The van der Waals surface area contributed by atoms with Gasteiger partial charge in [-0.05, 0) is 42.3 Å². The van der Waals surface area contributed by atoms with Crippen LogP contribution in [0.2, 0.25) is 5.02 Å². The van der Waals surface area contributed by atoms with Gasteiger partial charge in [0.2, 0.25) is 0 Å². The number of hydrogen-bond acceptors (Lipinski definition) is 4. The van der Waals surface area contributed by atoms with Crippen molar-refractivity contribution in [1.82, 2.24) is 5.32 Å². The van der Waals surface area contributed by atoms with Gasteiger partial charge in [-0.3, -0.25) is 4.79 Å². The summed E-state index contributed by atoms with van der Waals surface area (Å²) in [7, 11) is 0. The van der Waals surface area contributed by atoms with Gasteiger partial charge in [-0.1, -0.05) is 23.7 Å². The monoisotopic (exact) mass is 333 g/mol. The lowest BCUT2D eigenvalue weighted by Crippen LogP contribution is -2.30. The summed E-state index contributed by atoms with van der Waals surface area (Å²) in [5, 5.41) is 3.35. The fourth-order valence-electron chi connectivity index (χ4n) is 1.77. The van der Waals surface area contributed by atoms with Crippen LogP contribution in [0.3, 0.4) is 0 Å². The smallest absolute Gasteiger partial charge is 0.331 e. The first-order valence-electron chi connectivity index (χ1n) is 7.03. The van der Waals surface area contributed by atoms with Gasteiger partial charge < -0.3 is 14.5 Å². The van der Waals surface area contributed by atoms with Crippen molar-refractivity contribution in [3.63, 3.8) is 0 Å². The van der Waals surface area contributed by atoms with Gasteiger partial charge >= 0.3 is 5.97 Å². The Morgan fingerprint density at radius 2 is 2.00 bits per heavy atom. The molecular weight excluding hydrogens is 318 g/mol. The van der Waals surface area contributed by atoms with Gasteiger partial charge in [0.05, 0.1) is 6.26 Å². The molecule has 0 atom stereocenters. The van der Waals surface area contributed by atoms with E-state index in [2.05, 4.69) is 5.32 Å². The van der Waals surface area contributed by atoms with Crippen molar-refractivity contribution in [2.45, 2.75) is 6.42 Å². The highest BCUT2D eigenvalue weighted by molar-refractivity contribution is 6.30. The van der Waals surface area contributed by atoms with Gasteiger partial charge in [0, 0.05) is 17.6 Å². The molecule has 2 rings (SSSR count). The number of halogens is 1. The summed E-state index contributed by atoms with van der Waals surface area (Å²) in [5.74, 6) is -0.415. The first kappa shape index (κ1) is 16.8. The molecule has 1 aromatic carbocycles. The molecule has 6 heteroatoms. The minimum absolute atomic E-state index is 0.318. The Hall–Kier alpha value is -2.53. The van der Waals surface area contributed by atoms with Crippen LogP contribution in [-0.4, -0.2) is 25.0 Å². The normalized spacial score (nSPS) is 10.7. The number of hydrogen-bond donors (Lipinski definition) is 1. The minimum atomic E-state index is -0.603. The second-order valence-electron chi connectivity index (χ2n) is 4.68. The van der Waals surface area contributed by atoms with E-state index in [1.54, 1.807) is 24.3 Å². The molecule has 120 valence electrons. The van der Waals surface area contributed by atoms with E-state index in [0.29, 0.717) is 23.7 Å². The molecule has 0 unspecified atom stereocenters. The van der Waals surface area contributed by atoms with E-state index >= 15 is 0 Å². The van der Waals surface area contributed by atoms with Crippen LogP contribution in [-0.2, 0) is 20.7 Å². The van der Waals surface area contributed by atoms with Gasteiger partial charge in [-0.15, -0.1) is 0 Å². The van der Waals surface area contributed by atoms with Crippen LogP contribution in [0.1, 0.15) is 11.3 Å². The standard InChI is InChI=1S/C17H16ClNO4/c18-14-5-3-13(4-6-14)9-10-19-16(20)12-23-17(21)8-7-15-2-1-11-22-15/h1-8,11H,9-10,12H2,(H,19,20)/b8-7+. The molecule has 2 aromatic rings. The van der Waals surface area contributed by atoms with Crippen LogP contribution in [0.25, 0.3) is 6.08 Å². The number of carbonyl (C=O) groups excluding carboxylic acids is 2. The molecule has 0 aliphatic rings. The average Bonchev–Trinajstić information content (AvgIpc) is 3.06. The maximum atomic E-state index is 11.6. The first-order chi connectivity index (χ1) is 11.1. The van der Waals surface area contributed by atoms with Crippen LogP contribution in [0.5, 0.6) is 0 Å². The van der Waals surface area contributed by atoms with Gasteiger partial charge in [0.1, 0.15) is 5.76 Å². The molecule has 0 fully saturated rings. The molecule has 1 N–H and O–H groups in total. The van der Waals surface area contributed by atoms with Crippen molar-refractivity contribution >= 4 is 29.6 Å². The van der Waals surface area contributed by atoms with Gasteiger partial charge in [0.15, 0.2) is 6.61 Å². The zero-order valence-electron chi connectivity index (χ0n) is 12.3. The molecule has 0 aliphatic heterocycles. The number of nitrogens with one attached hydrogen (secondary N) is 1. The number of carbonyl (C=O) groups is 2. The van der Waals surface area contributed by atoms with Crippen molar-refractivity contribution in [3.8, 4) is 0 Å². The van der Waals surface area contributed by atoms with E-state index in [4.69, 9.17) is 20.8 Å². The Labute approximate surface area is 138 Å². The predicted octanol–water partition coefficient (Wildman–Crippen LogP) is 2.85. The first-order valence-corrected chi connectivity index (χ1v) is 7.41. The molecule has 1 aromatic heterocycles. The Morgan fingerprint density at radius 3 is 2.70 bits per heavy atom. The molecular formula is C17H16ClNO4. The number of furan rings is 1. The highest BCUT2D eigenvalue weighted by Crippen LogP contribution is 2.09. The lowest BCUT2D eigenvalue weighted by atomic mass is 10.1. The van der Waals surface area contributed by atoms with E-state index in [-0.39, 0.29) is 12.5 Å². The van der Waals surface area contributed by atoms with Crippen molar-refractivity contribution in [1.29, 1.82) is 0 Å². The number of ether oxygens (including phenoxy) is 1. The molecule has 1 amide bonds. The Kier molecular flexibility index (Phi) is 6.44. The summed E-state index contributed by atoms with van der Waals surface area (Å²) in [6.07, 6.45) is 4.86. The summed E-state index contributed by atoms with van der Waals surface area (Å²) in [5.41, 5.74) is 1.06. The van der Waals surface area contributed by atoms with Crippen LogP contribution < -0.4 is 5.32 Å². The number of rotatable bonds is 7. The van der Waals surface area contributed by atoms with Crippen LogP contribution in [0.15, 0.2) is 53.2 Å². The van der Waals surface area contributed by atoms with E-state index in [9.17, 15) is 9.59 Å². The SMILES string of the molecule is O=C(COC(=O)/C=C/c1ccco1)NCCc1ccc(Cl)cc1. The third-order valence-corrected chi connectivity index (χ3v) is 3.17. The molecule has 1 heterocycles. The molecule has 0 saturated heterocycles. The third-order valence-electron chi connectivity index (χ3n) is 2.92. The Bertz CT molecular complexity index is 662. The number of esters is 1. The second-order valence-corrected chi connectivity index (χ2v) is 5.12. The zero-order valence-corrected chi connectivity index (χ0v) is 13.1. The quantitative estimate of drug-likeness (QED) is 0.625. The summed E-state index contributed by atoms with van der Waals surface area (Å²) in [4.78, 5) is 23.0. The molecule has 0 saturated carbocycles. The van der Waals surface area contributed by atoms with Crippen LogP contribution >= 0.6 is 11.6 Å². The van der Waals surface area contributed by atoms with E-state index in [1.165, 1.54) is 18.4 Å². The minimum Gasteiger partial charge on any atom is -0.465 e. The lowest BCUT2D eigenvalue weighted by molar-refractivity contribution is -0.143. The number of benzene rings is 1. The lowest BCUT2D eigenvalue weighted by Gasteiger charge is -2.05. The summed E-state index contributed by atoms with van der Waals surface area (Å²) < 4.78 is 9.85. The van der Waals surface area contributed by atoms with Crippen molar-refractivity contribution in [2.75, 3.05) is 13.2 Å². The van der Waals surface area contributed by atoms with Gasteiger partial charge in [-0.2, -0.15) is 0 Å². The molecule has 5 nitrogen and oxygen atoms in total. The third kappa shape index (κ3) is 6.40. The van der Waals surface area contributed by atoms with Crippen LogP contribution in [0.4, 0.5) is 0 Å². The van der Waals surface area contributed by atoms with Gasteiger partial charge in [0.25, 0.3) is 5.91 Å². The van der Waals surface area contributed by atoms with E-state index in [1.807, 2.05) is 12.1 Å². The topological polar surface area (TPSA) is 68.5 Å². The molecule has 23 heavy (non-hydrogen) atoms. The maximum Gasteiger partial charge on any atom is 0.331 e. The summed E-state index contributed by atoms with van der Waals surface area (Å²) >= 11 is 5.80. The predicted molar refractivity (Wildman–Crippen MR) is 86.9 cm³/mol. The summed E-state index contributed by atoms with van der Waals surface area (Å²) in [6, 6.07) is 10.8. The van der Waals surface area contributed by atoms with Gasteiger partial charge in [-0.25, -0.2) is 4.79 Å². The average molecular weight is 334 g/mol. The fourth-order valence-corrected chi connectivity index (χ4v) is 1.90. The Morgan fingerprint density at radius 1 is 1.22 bits per heavy atom. The van der Waals surface area contributed by atoms with Crippen molar-refractivity contribution < 1.29 is 18.7 Å². The number of amides is 1. The molecule has 0 spiro atoms.